The monoisotopic (exact) mass is 308 g/mol. The molecule has 0 aliphatic heterocycles. The van der Waals surface area contributed by atoms with E-state index in [2.05, 4.69) is 58.7 Å². The molecule has 0 amide bonds. The van der Waals surface area contributed by atoms with Crippen LogP contribution < -0.4 is 10.6 Å². The summed E-state index contributed by atoms with van der Waals surface area (Å²) in [5, 5.41) is 6.50. The van der Waals surface area contributed by atoms with E-state index in [4.69, 9.17) is 4.42 Å². The van der Waals surface area contributed by atoms with E-state index < -0.39 is 0 Å². The van der Waals surface area contributed by atoms with Crippen molar-refractivity contribution in [2.75, 3.05) is 10.6 Å². The zero-order valence-corrected chi connectivity index (χ0v) is 13.3. The lowest BCUT2D eigenvalue weighted by atomic mass is 10.0. The zero-order chi connectivity index (χ0) is 16.1. The van der Waals surface area contributed by atoms with Gasteiger partial charge in [0.2, 0.25) is 0 Å². The highest BCUT2D eigenvalue weighted by atomic mass is 16.3. The van der Waals surface area contributed by atoms with Crippen LogP contribution in [-0.2, 0) is 6.54 Å². The van der Waals surface area contributed by atoms with Gasteiger partial charge in [0.05, 0.1) is 12.8 Å². The number of nitrogens with one attached hydrogen (secondary N) is 2. The van der Waals surface area contributed by atoms with Gasteiger partial charge < -0.3 is 15.1 Å². The summed E-state index contributed by atoms with van der Waals surface area (Å²) >= 11 is 0. The molecule has 3 rings (SSSR count). The molecule has 0 saturated carbocycles. The van der Waals surface area contributed by atoms with E-state index in [1.54, 1.807) is 6.26 Å². The fraction of sp³-hybridized carbons (Fsp3) is 0.222. The van der Waals surface area contributed by atoms with Crippen molar-refractivity contribution in [3.63, 3.8) is 0 Å². The Kier molecular flexibility index (Phi) is 4.57. The molecule has 2 aromatic heterocycles. The minimum Gasteiger partial charge on any atom is -0.467 e. The molecule has 0 spiro atoms. The van der Waals surface area contributed by atoms with Crippen LogP contribution in [0.2, 0.25) is 0 Å². The maximum Gasteiger partial charge on any atom is 0.135 e. The molecule has 0 fully saturated rings. The third-order valence-corrected chi connectivity index (χ3v) is 3.54. The van der Waals surface area contributed by atoms with Gasteiger partial charge in [-0.15, -0.1) is 0 Å². The molecule has 0 unspecified atom stereocenters. The average Bonchev–Trinajstić information content (AvgIpc) is 3.07. The summed E-state index contributed by atoms with van der Waals surface area (Å²) in [4.78, 5) is 8.47. The second-order valence-corrected chi connectivity index (χ2v) is 5.62. The summed E-state index contributed by atoms with van der Waals surface area (Å²) in [7, 11) is 0. The minimum atomic E-state index is 0.528. The van der Waals surface area contributed by atoms with Gasteiger partial charge in [0, 0.05) is 11.8 Å². The van der Waals surface area contributed by atoms with E-state index >= 15 is 0 Å². The molecule has 23 heavy (non-hydrogen) atoms. The molecule has 5 nitrogen and oxygen atoms in total. The first kappa shape index (κ1) is 15.1. The van der Waals surface area contributed by atoms with Crippen molar-refractivity contribution in [3.05, 3.63) is 66.4 Å². The van der Waals surface area contributed by atoms with Crippen molar-refractivity contribution in [3.8, 4) is 0 Å². The zero-order valence-electron chi connectivity index (χ0n) is 13.3. The number of furan rings is 1. The smallest absolute Gasteiger partial charge is 0.135 e. The van der Waals surface area contributed by atoms with Crippen LogP contribution in [0.1, 0.15) is 31.1 Å². The van der Waals surface area contributed by atoms with Gasteiger partial charge in [-0.3, -0.25) is 0 Å². The fourth-order valence-electron chi connectivity index (χ4n) is 2.21. The molecule has 2 heterocycles. The molecule has 5 heteroatoms. The lowest BCUT2D eigenvalue weighted by Gasteiger charge is -2.10. The van der Waals surface area contributed by atoms with Crippen LogP contribution in [0, 0.1) is 0 Å². The Morgan fingerprint density at radius 3 is 2.52 bits per heavy atom. The van der Waals surface area contributed by atoms with Crippen LogP contribution in [0.25, 0.3) is 0 Å². The largest absolute Gasteiger partial charge is 0.467 e. The molecule has 0 radical (unpaired) electrons. The SMILES string of the molecule is CC(C)c1ccc(Nc2cc(NCc3ccco3)ncn2)cc1. The highest BCUT2D eigenvalue weighted by Gasteiger charge is 2.02. The predicted octanol–water partition coefficient (Wildman–Crippen LogP) is 4.55. The van der Waals surface area contributed by atoms with E-state index in [1.165, 1.54) is 11.9 Å². The van der Waals surface area contributed by atoms with E-state index in [9.17, 15) is 0 Å². The lowest BCUT2D eigenvalue weighted by Crippen LogP contribution is -2.02. The van der Waals surface area contributed by atoms with Gasteiger partial charge in [0.15, 0.2) is 0 Å². The first-order valence-electron chi connectivity index (χ1n) is 7.66. The van der Waals surface area contributed by atoms with Crippen LogP contribution in [0.15, 0.2) is 59.5 Å². The highest BCUT2D eigenvalue weighted by molar-refractivity contribution is 5.59. The van der Waals surface area contributed by atoms with Crippen LogP contribution in [-0.4, -0.2) is 9.97 Å². The molecule has 0 aliphatic rings. The van der Waals surface area contributed by atoms with E-state index in [0.717, 1.165) is 23.1 Å². The fourth-order valence-corrected chi connectivity index (χ4v) is 2.21. The van der Waals surface area contributed by atoms with Crippen LogP contribution >= 0.6 is 0 Å². The molecule has 3 aromatic rings. The van der Waals surface area contributed by atoms with E-state index in [0.29, 0.717) is 12.5 Å². The van der Waals surface area contributed by atoms with E-state index in [-0.39, 0.29) is 0 Å². The topological polar surface area (TPSA) is 63.0 Å². The summed E-state index contributed by atoms with van der Waals surface area (Å²) in [6, 6.07) is 14.0. The number of hydrogen-bond donors (Lipinski definition) is 2. The molecule has 118 valence electrons. The normalized spacial score (nSPS) is 10.7. The molecule has 1 aromatic carbocycles. The Balaban J connectivity index is 1.64. The second-order valence-electron chi connectivity index (χ2n) is 5.62. The number of nitrogens with zero attached hydrogens (tertiary/aromatic N) is 2. The first-order valence-corrected chi connectivity index (χ1v) is 7.66. The third-order valence-electron chi connectivity index (χ3n) is 3.54. The van der Waals surface area contributed by atoms with Crippen molar-refractivity contribution in [1.29, 1.82) is 0 Å². The second kappa shape index (κ2) is 6.96. The summed E-state index contributed by atoms with van der Waals surface area (Å²) in [5.74, 6) is 2.89. The van der Waals surface area contributed by atoms with E-state index in [1.807, 2.05) is 18.2 Å². The van der Waals surface area contributed by atoms with Gasteiger partial charge in [-0.2, -0.15) is 0 Å². The average molecular weight is 308 g/mol. The predicted molar refractivity (Wildman–Crippen MR) is 91.9 cm³/mol. The number of rotatable bonds is 6. The first-order chi connectivity index (χ1) is 11.2. The van der Waals surface area contributed by atoms with Gasteiger partial charge >= 0.3 is 0 Å². The van der Waals surface area contributed by atoms with Crippen LogP contribution in [0.4, 0.5) is 17.3 Å². The maximum absolute atomic E-state index is 5.29. The molecular weight excluding hydrogens is 288 g/mol. The maximum atomic E-state index is 5.29. The van der Waals surface area contributed by atoms with Crippen molar-refractivity contribution in [2.24, 2.45) is 0 Å². The Labute approximate surface area is 135 Å². The Morgan fingerprint density at radius 1 is 1.04 bits per heavy atom. The van der Waals surface area contributed by atoms with Crippen molar-refractivity contribution in [2.45, 2.75) is 26.3 Å². The van der Waals surface area contributed by atoms with Crippen molar-refractivity contribution in [1.82, 2.24) is 9.97 Å². The van der Waals surface area contributed by atoms with Gasteiger partial charge in [-0.05, 0) is 35.7 Å². The van der Waals surface area contributed by atoms with Crippen LogP contribution in [0.3, 0.4) is 0 Å². The number of anilines is 3. The van der Waals surface area contributed by atoms with Gasteiger partial charge in [0.1, 0.15) is 23.7 Å². The number of benzene rings is 1. The summed E-state index contributed by atoms with van der Waals surface area (Å²) in [5.41, 5.74) is 2.32. The standard InChI is InChI=1S/C18H20N4O/c1-13(2)14-5-7-15(8-6-14)22-18-10-17(20-12-21-18)19-11-16-4-3-9-23-16/h3-10,12-13H,11H2,1-2H3,(H2,19,20,21,22). The molecule has 0 aliphatic carbocycles. The molecule has 0 bridgehead atoms. The van der Waals surface area contributed by atoms with Gasteiger partial charge in [0.25, 0.3) is 0 Å². The Bertz CT molecular complexity index is 736. The Hall–Kier alpha value is -2.82. The van der Waals surface area contributed by atoms with Crippen molar-refractivity contribution < 1.29 is 4.42 Å². The minimum absolute atomic E-state index is 0.528. The van der Waals surface area contributed by atoms with Crippen LogP contribution in [0.5, 0.6) is 0 Å². The Morgan fingerprint density at radius 2 is 1.83 bits per heavy atom. The molecule has 2 N–H and O–H groups in total. The summed E-state index contributed by atoms with van der Waals surface area (Å²) in [6.45, 7) is 4.96. The summed E-state index contributed by atoms with van der Waals surface area (Å²) in [6.07, 6.45) is 3.19. The quantitative estimate of drug-likeness (QED) is 0.699. The van der Waals surface area contributed by atoms with Gasteiger partial charge in [-0.1, -0.05) is 26.0 Å². The van der Waals surface area contributed by atoms with Crippen molar-refractivity contribution >= 4 is 17.3 Å². The molecular formula is C18H20N4O. The lowest BCUT2D eigenvalue weighted by molar-refractivity contribution is 0.518. The number of aromatic nitrogens is 2. The van der Waals surface area contributed by atoms with Gasteiger partial charge in [-0.25, -0.2) is 9.97 Å². The summed E-state index contributed by atoms with van der Waals surface area (Å²) < 4.78 is 5.29. The number of hydrogen-bond acceptors (Lipinski definition) is 5. The third kappa shape index (κ3) is 4.10. The highest BCUT2D eigenvalue weighted by Crippen LogP contribution is 2.20. The molecule has 0 saturated heterocycles. The molecule has 0 atom stereocenters.